The Morgan fingerprint density at radius 2 is 2.10 bits per heavy atom. The zero-order valence-corrected chi connectivity index (χ0v) is 12.4. The zero-order chi connectivity index (χ0) is 15.2. The van der Waals surface area contributed by atoms with Gasteiger partial charge in [-0.15, -0.1) is 0 Å². The summed E-state index contributed by atoms with van der Waals surface area (Å²) in [6.07, 6.45) is 1.13. The quantitative estimate of drug-likeness (QED) is 0.182. The molecule has 8 heteroatoms. The first kappa shape index (κ1) is 16.4. The third-order valence-corrected chi connectivity index (χ3v) is 3.46. The average molecular weight is 300 g/mol. The summed E-state index contributed by atoms with van der Waals surface area (Å²) in [7, 11) is -3.14. The van der Waals surface area contributed by atoms with E-state index < -0.39 is 10.0 Å². The molecule has 0 heterocycles. The second-order valence-electron chi connectivity index (χ2n) is 4.47. The van der Waals surface area contributed by atoms with Crippen molar-refractivity contribution < 1.29 is 13.6 Å². The molecule has 0 saturated carbocycles. The number of nitrogens with one attached hydrogen (secondary N) is 2. The molecule has 7 nitrogen and oxygen atoms in total. The lowest BCUT2D eigenvalue weighted by atomic mass is 10.0. The number of oxime groups is 1. The van der Waals surface area contributed by atoms with Gasteiger partial charge in [0.15, 0.2) is 5.84 Å². The summed E-state index contributed by atoms with van der Waals surface area (Å²) in [6, 6.07) is 5.49. The van der Waals surface area contributed by atoms with Gasteiger partial charge in [-0.1, -0.05) is 17.3 Å². The van der Waals surface area contributed by atoms with Crippen LogP contribution in [0.2, 0.25) is 0 Å². The van der Waals surface area contributed by atoms with Crippen LogP contribution in [0, 0.1) is 6.92 Å². The molecule has 1 aromatic carbocycles. The van der Waals surface area contributed by atoms with E-state index in [-0.39, 0.29) is 5.84 Å². The highest BCUT2D eigenvalue weighted by Crippen LogP contribution is 2.10. The first-order valence-electron chi connectivity index (χ1n) is 6.06. The van der Waals surface area contributed by atoms with Crippen LogP contribution in [0.5, 0.6) is 0 Å². The van der Waals surface area contributed by atoms with Gasteiger partial charge >= 0.3 is 0 Å². The fourth-order valence-electron chi connectivity index (χ4n) is 1.66. The van der Waals surface area contributed by atoms with E-state index in [2.05, 4.69) is 15.2 Å². The predicted molar refractivity (Wildman–Crippen MR) is 78.2 cm³/mol. The van der Waals surface area contributed by atoms with Gasteiger partial charge in [-0.3, -0.25) is 0 Å². The van der Waals surface area contributed by atoms with Crippen LogP contribution >= 0.6 is 0 Å². The van der Waals surface area contributed by atoms with Gasteiger partial charge < -0.3 is 16.3 Å². The number of hydrogen-bond donors (Lipinski definition) is 4. The molecule has 0 aliphatic rings. The highest BCUT2D eigenvalue weighted by Gasteiger charge is 2.04. The summed E-state index contributed by atoms with van der Waals surface area (Å²) < 4.78 is 24.1. The van der Waals surface area contributed by atoms with Crippen molar-refractivity contribution in [1.29, 1.82) is 0 Å². The fourth-order valence-corrected chi connectivity index (χ4v) is 2.13. The van der Waals surface area contributed by atoms with Crippen molar-refractivity contribution in [2.75, 3.05) is 19.3 Å². The van der Waals surface area contributed by atoms with E-state index in [4.69, 9.17) is 10.9 Å². The minimum absolute atomic E-state index is 0.0740. The summed E-state index contributed by atoms with van der Waals surface area (Å²) >= 11 is 0. The van der Waals surface area contributed by atoms with Crippen molar-refractivity contribution in [3.8, 4) is 0 Å². The Morgan fingerprint density at radius 3 is 2.65 bits per heavy atom. The Bertz CT molecular complexity index is 584. The maximum absolute atomic E-state index is 10.9. The minimum atomic E-state index is -3.14. The summed E-state index contributed by atoms with van der Waals surface area (Å²) in [4.78, 5) is 0. The number of sulfonamides is 1. The lowest BCUT2D eigenvalue weighted by Crippen LogP contribution is -2.30. The first-order chi connectivity index (χ1) is 9.33. The van der Waals surface area contributed by atoms with Crippen molar-refractivity contribution in [2.24, 2.45) is 10.9 Å². The van der Waals surface area contributed by atoms with E-state index in [9.17, 15) is 8.42 Å². The smallest absolute Gasteiger partial charge is 0.208 e. The number of nitrogens with two attached hydrogens (primary N) is 1. The zero-order valence-electron chi connectivity index (χ0n) is 11.5. The van der Waals surface area contributed by atoms with Gasteiger partial charge in [0.25, 0.3) is 0 Å². The highest BCUT2D eigenvalue weighted by atomic mass is 32.2. The lowest BCUT2D eigenvalue weighted by Gasteiger charge is -2.09. The molecule has 0 unspecified atom stereocenters. The van der Waals surface area contributed by atoms with Gasteiger partial charge in [0.1, 0.15) is 0 Å². The number of nitrogens with zero attached hydrogens (tertiary/aromatic N) is 1. The van der Waals surface area contributed by atoms with Gasteiger partial charge in [0, 0.05) is 25.2 Å². The molecule has 0 aliphatic heterocycles. The third-order valence-electron chi connectivity index (χ3n) is 2.73. The lowest BCUT2D eigenvalue weighted by molar-refractivity contribution is 0.318. The van der Waals surface area contributed by atoms with Crippen molar-refractivity contribution in [1.82, 2.24) is 10.0 Å². The van der Waals surface area contributed by atoms with Gasteiger partial charge in [-0.05, 0) is 24.1 Å². The van der Waals surface area contributed by atoms with Crippen LogP contribution in [0.25, 0.3) is 0 Å². The molecule has 0 aliphatic carbocycles. The van der Waals surface area contributed by atoms with E-state index in [1.807, 2.05) is 19.1 Å². The molecular formula is C12H20N4O3S. The highest BCUT2D eigenvalue weighted by molar-refractivity contribution is 7.88. The van der Waals surface area contributed by atoms with Crippen molar-refractivity contribution in [3.63, 3.8) is 0 Å². The molecule has 5 N–H and O–H groups in total. The maximum Gasteiger partial charge on any atom is 0.208 e. The molecular weight excluding hydrogens is 280 g/mol. The van der Waals surface area contributed by atoms with E-state index >= 15 is 0 Å². The number of aryl methyl sites for hydroxylation is 1. The van der Waals surface area contributed by atoms with Crippen LogP contribution in [0.1, 0.15) is 16.7 Å². The molecule has 112 valence electrons. The molecule has 0 fully saturated rings. The Hall–Kier alpha value is -1.64. The number of hydrogen-bond acceptors (Lipinski definition) is 5. The molecule has 20 heavy (non-hydrogen) atoms. The number of benzene rings is 1. The SMILES string of the molecule is Cc1cc(/C(N)=N/O)ccc1CNCCNS(C)(=O)=O. The molecule has 1 rings (SSSR count). The van der Waals surface area contributed by atoms with Crippen molar-refractivity contribution in [3.05, 3.63) is 34.9 Å². The van der Waals surface area contributed by atoms with Crippen LogP contribution < -0.4 is 15.8 Å². The molecule has 1 aromatic rings. The number of rotatable bonds is 7. The van der Waals surface area contributed by atoms with Gasteiger partial charge in [0.2, 0.25) is 10.0 Å². The second kappa shape index (κ2) is 7.22. The van der Waals surface area contributed by atoms with Crippen LogP contribution in [0.4, 0.5) is 0 Å². The van der Waals surface area contributed by atoms with E-state index in [0.29, 0.717) is 25.2 Å². The van der Waals surface area contributed by atoms with E-state index in [1.165, 1.54) is 0 Å². The molecule has 0 saturated heterocycles. The Labute approximate surface area is 118 Å². The standard InChI is InChI=1S/C12H20N4O3S/c1-9-7-10(12(13)16-17)3-4-11(9)8-14-5-6-15-20(2,18)19/h3-4,7,14-15,17H,5-6,8H2,1-2H3,(H2,13,16). The Balaban J connectivity index is 2.49. The fraction of sp³-hybridized carbons (Fsp3) is 0.417. The van der Waals surface area contributed by atoms with Crippen molar-refractivity contribution >= 4 is 15.9 Å². The molecule has 0 aromatic heterocycles. The van der Waals surface area contributed by atoms with Crippen LogP contribution in [0.3, 0.4) is 0 Å². The normalized spacial score (nSPS) is 12.6. The molecule has 0 radical (unpaired) electrons. The summed E-state index contributed by atoms with van der Waals surface area (Å²) in [5.41, 5.74) is 8.25. The maximum atomic E-state index is 10.9. The third kappa shape index (κ3) is 5.55. The predicted octanol–water partition coefficient (Wildman–Crippen LogP) is -0.272. The van der Waals surface area contributed by atoms with Gasteiger partial charge in [0.05, 0.1) is 6.26 Å². The summed E-state index contributed by atoms with van der Waals surface area (Å²) in [6.45, 7) is 3.43. The topological polar surface area (TPSA) is 117 Å². The average Bonchev–Trinajstić information content (AvgIpc) is 2.37. The molecule has 0 amide bonds. The molecule has 0 bridgehead atoms. The van der Waals surface area contributed by atoms with Gasteiger partial charge in [-0.2, -0.15) is 0 Å². The van der Waals surface area contributed by atoms with Crippen LogP contribution in [0.15, 0.2) is 23.4 Å². The van der Waals surface area contributed by atoms with Gasteiger partial charge in [-0.25, -0.2) is 13.1 Å². The van der Waals surface area contributed by atoms with E-state index in [1.54, 1.807) is 6.07 Å². The monoisotopic (exact) mass is 300 g/mol. The van der Waals surface area contributed by atoms with Crippen LogP contribution in [-0.4, -0.2) is 38.8 Å². The first-order valence-corrected chi connectivity index (χ1v) is 7.95. The molecule has 0 spiro atoms. The molecule has 0 atom stereocenters. The summed E-state index contributed by atoms with van der Waals surface area (Å²) in [5, 5.41) is 14.7. The number of amidine groups is 1. The van der Waals surface area contributed by atoms with E-state index in [0.717, 1.165) is 17.4 Å². The van der Waals surface area contributed by atoms with Crippen molar-refractivity contribution in [2.45, 2.75) is 13.5 Å². The Kier molecular flexibility index (Phi) is 5.93. The Morgan fingerprint density at radius 1 is 1.40 bits per heavy atom. The second-order valence-corrected chi connectivity index (χ2v) is 6.30. The van der Waals surface area contributed by atoms with Crippen LogP contribution in [-0.2, 0) is 16.6 Å². The minimum Gasteiger partial charge on any atom is -0.409 e. The summed E-state index contributed by atoms with van der Waals surface area (Å²) in [5.74, 6) is 0.0740. The largest absolute Gasteiger partial charge is 0.409 e.